The summed E-state index contributed by atoms with van der Waals surface area (Å²) >= 11 is 0.709. The molecule has 170 valence electrons. The second-order valence-electron chi connectivity index (χ2n) is 6.97. The SMILES string of the molecule is NC(=O)c1nsc(C(=O)N(CC(=O)NCc2ccc(F)cc2)c2ccc3c(c2)OCO3)c1N. The van der Waals surface area contributed by atoms with Crippen LogP contribution in [0, 0.1) is 5.82 Å². The van der Waals surface area contributed by atoms with Crippen molar-refractivity contribution < 1.29 is 28.2 Å². The number of fused-ring (bicyclic) bond motifs is 1. The largest absolute Gasteiger partial charge is 0.454 e. The highest BCUT2D eigenvalue weighted by Crippen LogP contribution is 2.36. The van der Waals surface area contributed by atoms with E-state index in [2.05, 4.69) is 9.69 Å². The number of aromatic nitrogens is 1. The van der Waals surface area contributed by atoms with Crippen molar-refractivity contribution in [3.05, 3.63) is 64.4 Å². The number of anilines is 2. The summed E-state index contributed by atoms with van der Waals surface area (Å²) in [7, 11) is 0. The van der Waals surface area contributed by atoms with Crippen molar-refractivity contribution in [1.82, 2.24) is 9.69 Å². The van der Waals surface area contributed by atoms with Gasteiger partial charge in [-0.3, -0.25) is 19.3 Å². The highest BCUT2D eigenvalue weighted by Gasteiger charge is 2.28. The molecule has 2 aromatic carbocycles. The molecule has 0 fully saturated rings. The fourth-order valence-corrected chi connectivity index (χ4v) is 3.84. The predicted octanol–water partition coefficient (Wildman–Crippen LogP) is 1.66. The first-order chi connectivity index (χ1) is 15.8. The van der Waals surface area contributed by atoms with Crippen molar-refractivity contribution in [2.24, 2.45) is 5.73 Å². The van der Waals surface area contributed by atoms with Gasteiger partial charge in [0, 0.05) is 18.3 Å². The fourth-order valence-electron chi connectivity index (χ4n) is 3.09. The van der Waals surface area contributed by atoms with E-state index in [1.807, 2.05) is 0 Å². The minimum absolute atomic E-state index is 0.0344. The number of carbonyl (C=O) groups is 3. The van der Waals surface area contributed by atoms with Gasteiger partial charge in [0.25, 0.3) is 11.8 Å². The first kappa shape index (κ1) is 22.0. The third-order valence-electron chi connectivity index (χ3n) is 4.77. The maximum absolute atomic E-state index is 13.3. The first-order valence-electron chi connectivity index (χ1n) is 9.61. The summed E-state index contributed by atoms with van der Waals surface area (Å²) in [5.41, 5.74) is 11.8. The molecule has 0 saturated carbocycles. The summed E-state index contributed by atoms with van der Waals surface area (Å²) in [6.07, 6.45) is 0. The molecule has 1 aromatic heterocycles. The molecule has 0 radical (unpaired) electrons. The average Bonchev–Trinajstić information content (AvgIpc) is 3.42. The molecule has 10 nitrogen and oxygen atoms in total. The Morgan fingerprint density at radius 3 is 2.55 bits per heavy atom. The van der Waals surface area contributed by atoms with Crippen LogP contribution in [0.15, 0.2) is 42.5 Å². The van der Waals surface area contributed by atoms with Crippen LogP contribution in [-0.4, -0.2) is 35.4 Å². The van der Waals surface area contributed by atoms with Crippen LogP contribution in [0.2, 0.25) is 0 Å². The number of benzene rings is 2. The number of halogens is 1. The summed E-state index contributed by atoms with van der Waals surface area (Å²) in [6.45, 7) is -0.200. The Hall–Kier alpha value is -4.19. The highest BCUT2D eigenvalue weighted by atomic mass is 32.1. The molecule has 0 spiro atoms. The quantitative estimate of drug-likeness (QED) is 0.474. The van der Waals surface area contributed by atoms with Crippen molar-refractivity contribution in [2.75, 3.05) is 24.0 Å². The third kappa shape index (κ3) is 4.70. The molecule has 2 heterocycles. The van der Waals surface area contributed by atoms with Crippen LogP contribution in [0.3, 0.4) is 0 Å². The molecular weight excluding hydrogens is 453 g/mol. The van der Waals surface area contributed by atoms with Crippen LogP contribution in [0.5, 0.6) is 11.5 Å². The van der Waals surface area contributed by atoms with Gasteiger partial charge in [-0.25, -0.2) is 4.39 Å². The van der Waals surface area contributed by atoms with Crippen molar-refractivity contribution >= 4 is 40.6 Å². The Labute approximate surface area is 191 Å². The van der Waals surface area contributed by atoms with Gasteiger partial charge in [-0.1, -0.05) is 12.1 Å². The summed E-state index contributed by atoms with van der Waals surface area (Å²) in [5, 5.41) is 2.69. The standard InChI is InChI=1S/C21H18FN5O5S/c22-12-3-1-11(2-4-12)8-25-16(28)9-27(13-5-6-14-15(7-13)32-10-31-14)21(30)19-17(23)18(20(24)29)26-33-19/h1-7H,8-10,23H2,(H2,24,29)(H,25,28). The number of nitrogens with one attached hydrogen (secondary N) is 1. The van der Waals surface area contributed by atoms with Crippen molar-refractivity contribution in [3.63, 3.8) is 0 Å². The van der Waals surface area contributed by atoms with Crippen LogP contribution in [0.4, 0.5) is 15.8 Å². The number of hydrogen-bond acceptors (Lipinski definition) is 8. The summed E-state index contributed by atoms with van der Waals surface area (Å²) in [5.74, 6) is -1.47. The normalized spacial score (nSPS) is 11.8. The number of hydrogen-bond donors (Lipinski definition) is 3. The zero-order valence-corrected chi connectivity index (χ0v) is 17.9. The second kappa shape index (κ2) is 9.12. The molecule has 4 rings (SSSR count). The zero-order valence-electron chi connectivity index (χ0n) is 17.0. The Morgan fingerprint density at radius 1 is 1.12 bits per heavy atom. The van der Waals surface area contributed by atoms with E-state index in [-0.39, 0.29) is 42.0 Å². The fraction of sp³-hybridized carbons (Fsp3) is 0.143. The number of amides is 3. The Balaban J connectivity index is 1.58. The lowest BCUT2D eigenvalue weighted by atomic mass is 10.2. The van der Waals surface area contributed by atoms with E-state index < -0.39 is 17.7 Å². The minimum atomic E-state index is -0.866. The van der Waals surface area contributed by atoms with Crippen LogP contribution in [0.25, 0.3) is 0 Å². The molecule has 1 aliphatic rings. The van der Waals surface area contributed by atoms with Crippen molar-refractivity contribution in [1.29, 1.82) is 0 Å². The molecule has 0 aliphatic carbocycles. The van der Waals surface area contributed by atoms with Crippen LogP contribution >= 0.6 is 11.5 Å². The lowest BCUT2D eigenvalue weighted by Gasteiger charge is -2.22. The van der Waals surface area contributed by atoms with E-state index in [0.29, 0.717) is 34.3 Å². The zero-order chi connectivity index (χ0) is 23.5. The van der Waals surface area contributed by atoms with E-state index in [0.717, 1.165) is 0 Å². The van der Waals surface area contributed by atoms with Gasteiger partial charge >= 0.3 is 0 Å². The number of primary amides is 1. The molecule has 12 heteroatoms. The van der Waals surface area contributed by atoms with E-state index >= 15 is 0 Å². The lowest BCUT2D eigenvalue weighted by molar-refractivity contribution is -0.119. The van der Waals surface area contributed by atoms with E-state index in [9.17, 15) is 18.8 Å². The first-order valence-corrected chi connectivity index (χ1v) is 10.4. The van der Waals surface area contributed by atoms with E-state index in [1.54, 1.807) is 30.3 Å². The number of rotatable bonds is 7. The molecule has 0 unspecified atom stereocenters. The van der Waals surface area contributed by atoms with Crippen LogP contribution in [-0.2, 0) is 11.3 Å². The average molecular weight is 471 g/mol. The molecule has 3 aromatic rings. The van der Waals surface area contributed by atoms with Crippen molar-refractivity contribution in [3.8, 4) is 11.5 Å². The molecule has 33 heavy (non-hydrogen) atoms. The van der Waals surface area contributed by atoms with Gasteiger partial charge in [-0.2, -0.15) is 4.37 Å². The topological polar surface area (TPSA) is 150 Å². The summed E-state index contributed by atoms with van der Waals surface area (Å²) in [4.78, 5) is 38.6. The Morgan fingerprint density at radius 2 is 1.85 bits per heavy atom. The molecule has 0 atom stereocenters. The molecule has 3 amide bonds. The monoisotopic (exact) mass is 471 g/mol. The summed E-state index contributed by atoms with van der Waals surface area (Å²) in [6, 6.07) is 10.4. The van der Waals surface area contributed by atoms with Crippen molar-refractivity contribution in [2.45, 2.75) is 6.54 Å². The molecule has 5 N–H and O–H groups in total. The number of nitrogen functional groups attached to an aromatic ring is 1. The maximum atomic E-state index is 13.3. The number of nitrogens with two attached hydrogens (primary N) is 2. The van der Waals surface area contributed by atoms with Gasteiger partial charge in [0.15, 0.2) is 17.2 Å². The van der Waals surface area contributed by atoms with Crippen LogP contribution in [0.1, 0.15) is 25.7 Å². The smallest absolute Gasteiger partial charge is 0.272 e. The molecule has 1 aliphatic heterocycles. The minimum Gasteiger partial charge on any atom is -0.454 e. The van der Waals surface area contributed by atoms with E-state index in [1.165, 1.54) is 17.0 Å². The van der Waals surface area contributed by atoms with Gasteiger partial charge < -0.3 is 26.3 Å². The van der Waals surface area contributed by atoms with E-state index in [4.69, 9.17) is 20.9 Å². The second-order valence-corrected chi connectivity index (χ2v) is 7.74. The van der Waals surface area contributed by atoms with Gasteiger partial charge in [-0.15, -0.1) is 0 Å². The Bertz CT molecular complexity index is 1230. The molecule has 0 bridgehead atoms. The van der Waals surface area contributed by atoms with Gasteiger partial charge in [0.2, 0.25) is 12.7 Å². The van der Waals surface area contributed by atoms with Gasteiger partial charge in [-0.05, 0) is 41.4 Å². The van der Waals surface area contributed by atoms with Gasteiger partial charge in [0.05, 0.1) is 5.69 Å². The number of carbonyl (C=O) groups excluding carboxylic acids is 3. The molecular formula is C21H18FN5O5S. The number of nitrogens with zero attached hydrogens (tertiary/aromatic N) is 2. The van der Waals surface area contributed by atoms with Crippen LogP contribution < -0.4 is 31.2 Å². The van der Waals surface area contributed by atoms with Gasteiger partial charge in [0.1, 0.15) is 17.2 Å². The lowest BCUT2D eigenvalue weighted by Crippen LogP contribution is -2.40. The highest BCUT2D eigenvalue weighted by molar-refractivity contribution is 7.09. The third-order valence-corrected chi connectivity index (χ3v) is 5.62. The summed E-state index contributed by atoms with van der Waals surface area (Å²) < 4.78 is 27.6. The maximum Gasteiger partial charge on any atom is 0.272 e. The predicted molar refractivity (Wildman–Crippen MR) is 118 cm³/mol. The number of ether oxygens (including phenoxy) is 2. The molecule has 0 saturated heterocycles. The Kier molecular flexibility index (Phi) is 6.09.